The van der Waals surface area contributed by atoms with Gasteiger partial charge >= 0.3 is 5.97 Å². The van der Waals surface area contributed by atoms with Gasteiger partial charge in [0, 0.05) is 12.0 Å². The minimum absolute atomic E-state index is 0.196. The number of aromatic nitrogens is 1. The second-order valence-corrected chi connectivity index (χ2v) is 7.13. The van der Waals surface area contributed by atoms with Gasteiger partial charge in [0.05, 0.1) is 25.6 Å². The van der Waals surface area contributed by atoms with Crippen LogP contribution in [0.2, 0.25) is 0 Å². The first-order valence-corrected chi connectivity index (χ1v) is 8.17. The van der Waals surface area contributed by atoms with Crippen LogP contribution < -0.4 is 0 Å². The van der Waals surface area contributed by atoms with Crippen molar-refractivity contribution in [3.05, 3.63) is 21.6 Å². The topological polar surface area (TPSA) is 70.4 Å². The van der Waals surface area contributed by atoms with Crippen LogP contribution in [-0.2, 0) is 4.79 Å². The Morgan fingerprint density at radius 1 is 1.30 bits per heavy atom. The Balaban J connectivity index is 1.83. The minimum Gasteiger partial charge on any atom is -0.507 e. The maximum atomic E-state index is 11.0. The fourth-order valence-corrected chi connectivity index (χ4v) is 4.37. The van der Waals surface area contributed by atoms with E-state index in [0.717, 1.165) is 40.9 Å². The summed E-state index contributed by atoms with van der Waals surface area (Å²) in [6.45, 7) is 0. The van der Waals surface area contributed by atoms with Crippen molar-refractivity contribution in [2.45, 2.75) is 31.6 Å². The summed E-state index contributed by atoms with van der Waals surface area (Å²) in [6.07, 6.45) is 3.21. The Labute approximate surface area is 128 Å². The number of thiazole rings is 1. The molecule has 4 nitrogen and oxygen atoms in total. The molecule has 0 aliphatic heterocycles. The molecule has 1 heterocycles. The lowest BCUT2D eigenvalue weighted by molar-refractivity contribution is -0.142. The van der Waals surface area contributed by atoms with E-state index < -0.39 is 5.97 Å². The third-order valence-corrected chi connectivity index (χ3v) is 5.72. The monoisotopic (exact) mass is 355 g/mol. The third-order valence-electron chi connectivity index (χ3n) is 3.90. The number of hydrogen-bond donors (Lipinski definition) is 2. The molecule has 1 aliphatic carbocycles. The first-order valence-electron chi connectivity index (χ1n) is 6.56. The van der Waals surface area contributed by atoms with Crippen LogP contribution in [0, 0.1) is 5.92 Å². The van der Waals surface area contributed by atoms with Gasteiger partial charge in [0.2, 0.25) is 0 Å². The van der Waals surface area contributed by atoms with E-state index >= 15 is 0 Å². The zero-order valence-electron chi connectivity index (χ0n) is 10.7. The molecule has 106 valence electrons. The molecule has 0 bridgehead atoms. The van der Waals surface area contributed by atoms with Gasteiger partial charge in [0.15, 0.2) is 0 Å². The highest BCUT2D eigenvalue weighted by Gasteiger charge is 2.28. The van der Waals surface area contributed by atoms with Gasteiger partial charge in [0.25, 0.3) is 0 Å². The van der Waals surface area contributed by atoms with Crippen molar-refractivity contribution in [1.29, 1.82) is 0 Å². The molecule has 0 unspecified atom stereocenters. The van der Waals surface area contributed by atoms with E-state index in [2.05, 4.69) is 20.9 Å². The Bertz CT molecular complexity index is 623. The second-order valence-electron chi connectivity index (χ2n) is 5.21. The maximum Gasteiger partial charge on any atom is 0.306 e. The summed E-state index contributed by atoms with van der Waals surface area (Å²) < 4.78 is 1.72. The molecular formula is C14H14BrNO3S. The predicted molar refractivity (Wildman–Crippen MR) is 81.3 cm³/mol. The fraction of sp³-hybridized carbons (Fsp3) is 0.429. The van der Waals surface area contributed by atoms with Crippen LogP contribution in [0.25, 0.3) is 10.2 Å². The molecule has 0 amide bonds. The van der Waals surface area contributed by atoms with E-state index in [-0.39, 0.29) is 11.7 Å². The van der Waals surface area contributed by atoms with Crippen LogP contribution >= 0.6 is 27.3 Å². The number of aromatic hydroxyl groups is 1. The minimum atomic E-state index is -0.679. The molecule has 0 saturated heterocycles. The largest absolute Gasteiger partial charge is 0.507 e. The van der Waals surface area contributed by atoms with Gasteiger partial charge in [-0.1, -0.05) is 0 Å². The van der Waals surface area contributed by atoms with E-state index in [9.17, 15) is 9.90 Å². The van der Waals surface area contributed by atoms with Crippen LogP contribution in [0.15, 0.2) is 16.6 Å². The summed E-state index contributed by atoms with van der Waals surface area (Å²) in [5.41, 5.74) is 0.811. The summed E-state index contributed by atoms with van der Waals surface area (Å²) in [7, 11) is 0. The smallest absolute Gasteiger partial charge is 0.306 e. The molecule has 1 fully saturated rings. The van der Waals surface area contributed by atoms with Crippen LogP contribution in [0.3, 0.4) is 0 Å². The highest BCUT2D eigenvalue weighted by Crippen LogP contribution is 2.40. The van der Waals surface area contributed by atoms with E-state index in [1.807, 2.05) is 6.07 Å². The normalized spacial score (nSPS) is 23.1. The van der Waals surface area contributed by atoms with Crippen molar-refractivity contribution < 1.29 is 15.0 Å². The number of halogens is 1. The van der Waals surface area contributed by atoms with Crippen LogP contribution in [0.5, 0.6) is 5.75 Å². The van der Waals surface area contributed by atoms with Crippen molar-refractivity contribution in [3.63, 3.8) is 0 Å². The number of hydrogen-bond acceptors (Lipinski definition) is 4. The third kappa shape index (κ3) is 2.54. The number of nitrogens with zero attached hydrogens (tertiary/aromatic N) is 1. The van der Waals surface area contributed by atoms with Crippen LogP contribution in [-0.4, -0.2) is 21.2 Å². The number of phenolic OH excluding ortho intramolecular Hbond substituents is 1. The molecule has 1 aromatic heterocycles. The molecule has 0 radical (unpaired) electrons. The Kier molecular flexibility index (Phi) is 3.69. The lowest BCUT2D eigenvalue weighted by atomic mass is 9.82. The average Bonchev–Trinajstić information content (AvgIpc) is 2.82. The number of phenols is 1. The Morgan fingerprint density at radius 3 is 2.65 bits per heavy atom. The van der Waals surface area contributed by atoms with Gasteiger partial charge < -0.3 is 10.2 Å². The predicted octanol–water partition coefficient (Wildman–Crippen LogP) is 4.12. The first kappa shape index (κ1) is 13.8. The molecule has 2 aromatic rings. The lowest BCUT2D eigenvalue weighted by Crippen LogP contribution is -2.20. The molecular weight excluding hydrogens is 342 g/mol. The molecule has 0 spiro atoms. The van der Waals surface area contributed by atoms with E-state index in [4.69, 9.17) is 5.11 Å². The second kappa shape index (κ2) is 5.33. The quantitative estimate of drug-likeness (QED) is 0.849. The number of carbonyl (C=O) groups is 1. The van der Waals surface area contributed by atoms with E-state index in [1.54, 1.807) is 17.4 Å². The van der Waals surface area contributed by atoms with Crippen molar-refractivity contribution >= 4 is 43.5 Å². The van der Waals surface area contributed by atoms with Crippen LogP contribution in [0.4, 0.5) is 0 Å². The summed E-state index contributed by atoms with van der Waals surface area (Å²) in [5.74, 6) is -0.326. The standard InChI is InChI=1S/C14H14BrNO3S/c15-9-5-12-10(6-11(9)17)16-13(20-12)7-1-3-8(4-2-7)14(18)19/h5-8,17H,1-4H2,(H,18,19). The summed E-state index contributed by atoms with van der Waals surface area (Å²) in [6, 6.07) is 3.55. The molecule has 1 aliphatic rings. The molecule has 20 heavy (non-hydrogen) atoms. The van der Waals surface area contributed by atoms with Crippen molar-refractivity contribution in [2.24, 2.45) is 5.92 Å². The molecule has 6 heteroatoms. The Morgan fingerprint density at radius 2 is 2.00 bits per heavy atom. The van der Waals surface area contributed by atoms with Gasteiger partial charge in [-0.3, -0.25) is 4.79 Å². The average molecular weight is 356 g/mol. The van der Waals surface area contributed by atoms with Crippen molar-refractivity contribution in [2.75, 3.05) is 0 Å². The fourth-order valence-electron chi connectivity index (χ4n) is 2.72. The molecule has 1 aromatic carbocycles. The first-order chi connectivity index (χ1) is 9.54. The number of aliphatic carboxylic acids is 1. The molecule has 0 atom stereocenters. The van der Waals surface area contributed by atoms with E-state index in [1.165, 1.54) is 0 Å². The molecule has 3 rings (SSSR count). The highest BCUT2D eigenvalue weighted by atomic mass is 79.9. The SMILES string of the molecule is O=C(O)C1CCC(c2nc3cc(O)c(Br)cc3s2)CC1. The zero-order valence-corrected chi connectivity index (χ0v) is 13.1. The summed E-state index contributed by atoms with van der Waals surface area (Å²) >= 11 is 4.95. The van der Waals surface area contributed by atoms with Crippen molar-refractivity contribution in [1.82, 2.24) is 4.98 Å². The number of rotatable bonds is 2. The highest BCUT2D eigenvalue weighted by molar-refractivity contribution is 9.10. The zero-order chi connectivity index (χ0) is 14.3. The van der Waals surface area contributed by atoms with Gasteiger partial charge in [-0.15, -0.1) is 11.3 Å². The van der Waals surface area contributed by atoms with Crippen LogP contribution in [0.1, 0.15) is 36.6 Å². The number of carboxylic acid groups (broad SMARTS) is 1. The van der Waals surface area contributed by atoms with E-state index in [0.29, 0.717) is 10.4 Å². The van der Waals surface area contributed by atoms with Gasteiger partial charge in [-0.2, -0.15) is 0 Å². The van der Waals surface area contributed by atoms with Crippen molar-refractivity contribution in [3.8, 4) is 5.75 Å². The number of carboxylic acids is 1. The van der Waals surface area contributed by atoms with Gasteiger partial charge in [0.1, 0.15) is 5.75 Å². The lowest BCUT2D eigenvalue weighted by Gasteiger charge is -2.24. The maximum absolute atomic E-state index is 11.0. The van der Waals surface area contributed by atoms with Gasteiger partial charge in [-0.25, -0.2) is 4.98 Å². The number of benzene rings is 1. The molecule has 1 saturated carbocycles. The summed E-state index contributed by atoms with van der Waals surface area (Å²) in [5, 5.41) is 19.8. The number of fused-ring (bicyclic) bond motifs is 1. The molecule has 2 N–H and O–H groups in total. The summed E-state index contributed by atoms with van der Waals surface area (Å²) in [4.78, 5) is 15.6. The Hall–Kier alpha value is -1.14. The van der Waals surface area contributed by atoms with Gasteiger partial charge in [-0.05, 0) is 47.7 Å².